The van der Waals surface area contributed by atoms with Gasteiger partial charge in [0.1, 0.15) is 31.0 Å². The highest BCUT2D eigenvalue weighted by atomic mass is 16.6. The van der Waals surface area contributed by atoms with Gasteiger partial charge in [0.25, 0.3) is 0 Å². The van der Waals surface area contributed by atoms with Gasteiger partial charge in [-0.2, -0.15) is 0 Å². The van der Waals surface area contributed by atoms with Crippen molar-refractivity contribution in [1.82, 2.24) is 0 Å². The van der Waals surface area contributed by atoms with Gasteiger partial charge in [0.2, 0.25) is 0 Å². The maximum absolute atomic E-state index is 11.9. The zero-order valence-electron chi connectivity index (χ0n) is 11.8. The third-order valence-electron chi connectivity index (χ3n) is 3.44. The second-order valence-electron chi connectivity index (χ2n) is 4.99. The van der Waals surface area contributed by atoms with Crippen LogP contribution in [0.15, 0.2) is 24.3 Å². The molecule has 0 aliphatic carbocycles. The van der Waals surface area contributed by atoms with Gasteiger partial charge in [-0.05, 0) is 12.1 Å². The van der Waals surface area contributed by atoms with E-state index in [2.05, 4.69) is 0 Å². The lowest BCUT2D eigenvalue weighted by molar-refractivity contribution is -0.286. The van der Waals surface area contributed by atoms with Gasteiger partial charge in [0, 0.05) is 0 Å². The molecule has 1 aliphatic heterocycles. The van der Waals surface area contributed by atoms with Crippen LogP contribution in [0.25, 0.3) is 0 Å². The summed E-state index contributed by atoms with van der Waals surface area (Å²) in [5, 5.41) is 47.0. The van der Waals surface area contributed by atoms with E-state index in [0.717, 1.165) is 0 Å². The van der Waals surface area contributed by atoms with Gasteiger partial charge >= 0.3 is 11.9 Å². The molecule has 1 aromatic rings. The molecule has 0 saturated carbocycles. The Labute approximate surface area is 130 Å². The number of ether oxygens (including phenoxy) is 2. The molecule has 5 atom stereocenters. The number of aliphatic hydroxyl groups excluding tert-OH is 4. The van der Waals surface area contributed by atoms with Crippen molar-refractivity contribution in [2.24, 2.45) is 0 Å². The smallest absolute Gasteiger partial charge is 0.339 e. The van der Waals surface area contributed by atoms with E-state index in [-0.39, 0.29) is 11.1 Å². The second kappa shape index (κ2) is 7.02. The fraction of sp³-hybridized carbons (Fsp3) is 0.429. The number of rotatable bonds is 4. The molecule has 5 N–H and O–H groups in total. The first-order valence-electron chi connectivity index (χ1n) is 6.70. The van der Waals surface area contributed by atoms with Gasteiger partial charge < -0.3 is 35.0 Å². The van der Waals surface area contributed by atoms with Crippen molar-refractivity contribution < 1.29 is 44.6 Å². The first-order valence-corrected chi connectivity index (χ1v) is 6.70. The van der Waals surface area contributed by atoms with Crippen LogP contribution in [0.1, 0.15) is 20.7 Å². The number of hydrogen-bond donors (Lipinski definition) is 5. The Bertz CT molecular complexity index is 587. The van der Waals surface area contributed by atoms with Crippen LogP contribution in [-0.2, 0) is 9.47 Å². The molecule has 126 valence electrons. The van der Waals surface area contributed by atoms with E-state index in [0.29, 0.717) is 0 Å². The summed E-state index contributed by atoms with van der Waals surface area (Å²) in [6, 6.07) is 5.40. The number of aromatic carboxylic acids is 1. The second-order valence-corrected chi connectivity index (χ2v) is 4.99. The van der Waals surface area contributed by atoms with Crippen molar-refractivity contribution in [1.29, 1.82) is 0 Å². The van der Waals surface area contributed by atoms with Crippen LogP contribution >= 0.6 is 0 Å². The van der Waals surface area contributed by atoms with E-state index < -0.39 is 49.3 Å². The maximum atomic E-state index is 11.9. The molecule has 9 heteroatoms. The molecule has 1 saturated heterocycles. The van der Waals surface area contributed by atoms with Crippen LogP contribution in [0.2, 0.25) is 0 Å². The minimum Gasteiger partial charge on any atom is -0.478 e. The monoisotopic (exact) mass is 328 g/mol. The molecule has 1 heterocycles. The minimum atomic E-state index is -1.75. The Balaban J connectivity index is 2.04. The first-order chi connectivity index (χ1) is 10.8. The van der Waals surface area contributed by atoms with Gasteiger partial charge in [-0.15, -0.1) is 0 Å². The van der Waals surface area contributed by atoms with E-state index in [1.54, 1.807) is 0 Å². The Kier molecular flexibility index (Phi) is 5.29. The lowest BCUT2D eigenvalue weighted by Gasteiger charge is -2.37. The number of carboxylic acids is 1. The van der Waals surface area contributed by atoms with Crippen LogP contribution in [0.3, 0.4) is 0 Å². The van der Waals surface area contributed by atoms with Crippen LogP contribution < -0.4 is 0 Å². The summed E-state index contributed by atoms with van der Waals surface area (Å²) < 4.78 is 9.72. The molecule has 23 heavy (non-hydrogen) atoms. The number of benzene rings is 1. The molecule has 0 spiro atoms. The molecule has 0 aromatic heterocycles. The summed E-state index contributed by atoms with van der Waals surface area (Å²) in [5.74, 6) is -2.27. The standard InChI is InChI=1S/C14H16O9/c15-9-8(23-14(21)11(17)10(9)16)5-22-13(20)7-4-2-1-3-6(7)12(18)19/h1-4,8-11,14-17,21H,5H2,(H,18,19)/t8-,9-,10+,11-,14-/m1/s1. The topological polar surface area (TPSA) is 154 Å². The largest absolute Gasteiger partial charge is 0.478 e. The summed E-state index contributed by atoms with van der Waals surface area (Å²) in [6.45, 7) is -0.547. The maximum Gasteiger partial charge on any atom is 0.339 e. The van der Waals surface area contributed by atoms with Crippen LogP contribution in [0, 0.1) is 0 Å². The van der Waals surface area contributed by atoms with E-state index in [4.69, 9.17) is 14.6 Å². The van der Waals surface area contributed by atoms with Crippen molar-refractivity contribution in [3.63, 3.8) is 0 Å². The molecular weight excluding hydrogens is 312 g/mol. The lowest BCUT2D eigenvalue weighted by atomic mass is 9.99. The van der Waals surface area contributed by atoms with Crippen molar-refractivity contribution in [3.05, 3.63) is 35.4 Å². The number of carboxylic acid groups (broad SMARTS) is 1. The average molecular weight is 328 g/mol. The Hall–Kier alpha value is -2.04. The normalized spacial score (nSPS) is 30.7. The Morgan fingerprint density at radius 2 is 1.61 bits per heavy atom. The quantitative estimate of drug-likeness (QED) is 0.409. The highest BCUT2D eigenvalue weighted by Gasteiger charge is 2.43. The first kappa shape index (κ1) is 17.3. The van der Waals surface area contributed by atoms with E-state index in [9.17, 15) is 30.0 Å². The molecule has 1 aromatic carbocycles. The van der Waals surface area contributed by atoms with Crippen LogP contribution in [-0.4, -0.2) is 74.8 Å². The summed E-state index contributed by atoms with van der Waals surface area (Å²) in [6.07, 6.45) is -7.97. The molecule has 0 bridgehead atoms. The SMILES string of the molecule is O=C(O)c1ccccc1C(=O)OC[C@H]1O[C@@H](O)[C@H](O)[C@@H](O)[C@@H]1O. The summed E-state index contributed by atoms with van der Waals surface area (Å²) in [5.41, 5.74) is -0.440. The number of carbonyl (C=O) groups is 2. The average Bonchev–Trinajstić information content (AvgIpc) is 2.54. The van der Waals surface area contributed by atoms with Crippen LogP contribution in [0.4, 0.5) is 0 Å². The third-order valence-corrected chi connectivity index (χ3v) is 3.44. The highest BCUT2D eigenvalue weighted by molar-refractivity contribution is 6.02. The third kappa shape index (κ3) is 3.66. The zero-order chi connectivity index (χ0) is 17.1. The zero-order valence-corrected chi connectivity index (χ0v) is 11.8. The minimum absolute atomic E-state index is 0.188. The number of esters is 1. The van der Waals surface area contributed by atoms with E-state index in [1.165, 1.54) is 24.3 Å². The van der Waals surface area contributed by atoms with Gasteiger partial charge in [0.15, 0.2) is 6.29 Å². The molecule has 0 unspecified atom stereocenters. The van der Waals surface area contributed by atoms with Crippen molar-refractivity contribution >= 4 is 11.9 Å². The van der Waals surface area contributed by atoms with Gasteiger partial charge in [-0.25, -0.2) is 9.59 Å². The predicted octanol–water partition coefficient (Wildman–Crippen LogP) is -1.66. The van der Waals surface area contributed by atoms with Crippen molar-refractivity contribution in [2.75, 3.05) is 6.61 Å². The summed E-state index contributed by atoms with van der Waals surface area (Å²) in [4.78, 5) is 23.0. The summed E-state index contributed by atoms with van der Waals surface area (Å²) in [7, 11) is 0. The van der Waals surface area contributed by atoms with E-state index in [1.807, 2.05) is 0 Å². The number of aliphatic hydroxyl groups is 4. The molecule has 2 rings (SSSR count). The van der Waals surface area contributed by atoms with Gasteiger partial charge in [-0.3, -0.25) is 0 Å². The molecule has 1 fully saturated rings. The van der Waals surface area contributed by atoms with Crippen LogP contribution in [0.5, 0.6) is 0 Å². The lowest BCUT2D eigenvalue weighted by Crippen LogP contribution is -2.58. The molecule has 1 aliphatic rings. The predicted molar refractivity (Wildman–Crippen MR) is 72.6 cm³/mol. The molecule has 0 radical (unpaired) electrons. The number of carbonyl (C=O) groups excluding carboxylic acids is 1. The molecule has 9 nitrogen and oxygen atoms in total. The number of hydrogen-bond acceptors (Lipinski definition) is 8. The Morgan fingerprint density at radius 1 is 1.00 bits per heavy atom. The van der Waals surface area contributed by atoms with Crippen molar-refractivity contribution in [2.45, 2.75) is 30.7 Å². The fourth-order valence-electron chi connectivity index (χ4n) is 2.15. The van der Waals surface area contributed by atoms with Gasteiger partial charge in [-0.1, -0.05) is 12.1 Å². The fourth-order valence-corrected chi connectivity index (χ4v) is 2.15. The Morgan fingerprint density at radius 3 is 2.22 bits per heavy atom. The van der Waals surface area contributed by atoms with Crippen molar-refractivity contribution in [3.8, 4) is 0 Å². The van der Waals surface area contributed by atoms with Gasteiger partial charge in [0.05, 0.1) is 11.1 Å². The summed E-state index contributed by atoms with van der Waals surface area (Å²) >= 11 is 0. The van der Waals surface area contributed by atoms with E-state index >= 15 is 0 Å². The highest BCUT2D eigenvalue weighted by Crippen LogP contribution is 2.20. The molecular formula is C14H16O9. The molecule has 0 amide bonds.